The third kappa shape index (κ3) is 1.64. The number of hydrogen-bond acceptors (Lipinski definition) is 4. The van der Waals surface area contributed by atoms with Gasteiger partial charge in [0.1, 0.15) is 5.75 Å². The zero-order valence-electron chi connectivity index (χ0n) is 12.3. The predicted molar refractivity (Wildman–Crippen MR) is 84.9 cm³/mol. The van der Waals surface area contributed by atoms with Crippen LogP contribution in [-0.2, 0) is 0 Å². The molecule has 4 rings (SSSR count). The van der Waals surface area contributed by atoms with Crippen LogP contribution in [0.3, 0.4) is 0 Å². The summed E-state index contributed by atoms with van der Waals surface area (Å²) in [5.41, 5.74) is 0.320. The molecule has 0 amide bonds. The maximum atomic E-state index is 12.5. The molecule has 110 valence electrons. The van der Waals surface area contributed by atoms with E-state index in [0.717, 1.165) is 16.3 Å². The first-order valence-electron chi connectivity index (χ1n) is 7.24. The average Bonchev–Trinajstić information content (AvgIpc) is 2.83. The number of fused-ring (bicyclic) bond motifs is 5. The van der Waals surface area contributed by atoms with Crippen LogP contribution in [0.5, 0.6) is 5.75 Å². The van der Waals surface area contributed by atoms with Crippen molar-refractivity contribution in [3.8, 4) is 5.75 Å². The standard InChI is InChI=1S/C18H14O4/c1-9-4-3-5-12-11(9)6-7-13-15(12)18(20)22-17(19)14-10(2)8-21-16(13)14/h3-7,10H,8H2,1-2H3/t10-/m0/s1. The van der Waals surface area contributed by atoms with Gasteiger partial charge in [0.05, 0.1) is 17.6 Å². The quantitative estimate of drug-likeness (QED) is 0.639. The molecule has 2 heterocycles. The first-order valence-corrected chi connectivity index (χ1v) is 7.24. The highest BCUT2D eigenvalue weighted by atomic mass is 16.5. The molecule has 2 aromatic carbocycles. The van der Waals surface area contributed by atoms with Gasteiger partial charge in [0.15, 0.2) is 0 Å². The molecule has 22 heavy (non-hydrogen) atoms. The molecule has 0 unspecified atom stereocenters. The molecule has 0 bridgehead atoms. The van der Waals surface area contributed by atoms with Crippen molar-refractivity contribution in [1.29, 1.82) is 0 Å². The van der Waals surface area contributed by atoms with Gasteiger partial charge in [0.25, 0.3) is 0 Å². The minimum Gasteiger partial charge on any atom is -0.492 e. The maximum absolute atomic E-state index is 12.5. The zero-order chi connectivity index (χ0) is 15.4. The highest BCUT2D eigenvalue weighted by Crippen LogP contribution is 2.37. The second-order valence-electron chi connectivity index (χ2n) is 5.79. The Balaban J connectivity index is 2.35. The number of aryl methyl sites for hydroxylation is 1. The van der Waals surface area contributed by atoms with E-state index in [1.54, 1.807) is 0 Å². The molecule has 1 aromatic heterocycles. The molecule has 0 fully saturated rings. The van der Waals surface area contributed by atoms with Crippen LogP contribution < -0.4 is 16.0 Å². The molecule has 1 aliphatic heterocycles. The third-order valence-electron chi connectivity index (χ3n) is 4.35. The summed E-state index contributed by atoms with van der Waals surface area (Å²) in [6.07, 6.45) is 0. The summed E-state index contributed by atoms with van der Waals surface area (Å²) in [7, 11) is 0. The van der Waals surface area contributed by atoms with Crippen molar-refractivity contribution < 1.29 is 9.15 Å². The first-order chi connectivity index (χ1) is 10.6. The molecule has 0 saturated heterocycles. The lowest BCUT2D eigenvalue weighted by molar-refractivity contribution is 0.340. The molecule has 4 heteroatoms. The lowest BCUT2D eigenvalue weighted by Gasteiger charge is -2.05. The number of hydrogen-bond donors (Lipinski definition) is 0. The summed E-state index contributed by atoms with van der Waals surface area (Å²) in [6.45, 7) is 4.31. The van der Waals surface area contributed by atoms with Crippen LogP contribution in [0.25, 0.3) is 21.5 Å². The van der Waals surface area contributed by atoms with Crippen LogP contribution in [0.4, 0.5) is 0 Å². The summed E-state index contributed by atoms with van der Waals surface area (Å²) in [6, 6.07) is 9.56. The van der Waals surface area contributed by atoms with Crippen molar-refractivity contribution in [3.05, 3.63) is 62.3 Å². The second kappa shape index (κ2) is 4.44. The largest absolute Gasteiger partial charge is 0.492 e. The van der Waals surface area contributed by atoms with Crippen molar-refractivity contribution in [2.24, 2.45) is 0 Å². The van der Waals surface area contributed by atoms with Crippen LogP contribution in [0.15, 0.2) is 44.3 Å². The average molecular weight is 294 g/mol. The van der Waals surface area contributed by atoms with Crippen LogP contribution in [0.2, 0.25) is 0 Å². The first kappa shape index (κ1) is 13.1. The summed E-state index contributed by atoms with van der Waals surface area (Å²) >= 11 is 0. The van der Waals surface area contributed by atoms with Gasteiger partial charge in [-0.1, -0.05) is 31.2 Å². The minimum atomic E-state index is -0.610. The SMILES string of the molecule is Cc1cccc2c1ccc1c3c(c(=O)oc(=O)c12)[C@@H](C)CO3. The molecule has 1 atom stereocenters. The van der Waals surface area contributed by atoms with Crippen molar-refractivity contribution in [2.45, 2.75) is 19.8 Å². The second-order valence-corrected chi connectivity index (χ2v) is 5.79. The van der Waals surface area contributed by atoms with Gasteiger partial charge < -0.3 is 9.15 Å². The molecule has 4 nitrogen and oxygen atoms in total. The fraction of sp³-hybridized carbons (Fsp3) is 0.222. The van der Waals surface area contributed by atoms with Crippen LogP contribution >= 0.6 is 0 Å². The molecule has 0 radical (unpaired) electrons. The topological polar surface area (TPSA) is 56.5 Å². The van der Waals surface area contributed by atoms with E-state index >= 15 is 0 Å². The van der Waals surface area contributed by atoms with Gasteiger partial charge in [0, 0.05) is 11.3 Å². The highest BCUT2D eigenvalue weighted by molar-refractivity contribution is 6.09. The van der Waals surface area contributed by atoms with E-state index in [9.17, 15) is 9.59 Å². The van der Waals surface area contributed by atoms with Gasteiger partial charge >= 0.3 is 11.3 Å². The molecule has 1 aliphatic rings. The van der Waals surface area contributed by atoms with Crippen LogP contribution in [-0.4, -0.2) is 6.61 Å². The fourth-order valence-electron chi connectivity index (χ4n) is 3.22. The van der Waals surface area contributed by atoms with Gasteiger partial charge in [-0.3, -0.25) is 0 Å². The monoisotopic (exact) mass is 294 g/mol. The number of ether oxygens (including phenoxy) is 1. The molecular formula is C18H14O4. The summed E-state index contributed by atoms with van der Waals surface area (Å²) in [4.78, 5) is 24.7. The van der Waals surface area contributed by atoms with Gasteiger partial charge in [-0.25, -0.2) is 9.59 Å². The Morgan fingerprint density at radius 1 is 1.00 bits per heavy atom. The summed E-state index contributed by atoms with van der Waals surface area (Å²) in [5.74, 6) is 0.413. The number of benzene rings is 2. The Hall–Kier alpha value is -2.62. The Morgan fingerprint density at radius 3 is 2.59 bits per heavy atom. The summed E-state index contributed by atoms with van der Waals surface area (Å²) in [5, 5.41) is 2.81. The van der Waals surface area contributed by atoms with E-state index in [4.69, 9.17) is 9.15 Å². The van der Waals surface area contributed by atoms with Crippen molar-refractivity contribution in [1.82, 2.24) is 0 Å². The van der Waals surface area contributed by atoms with E-state index in [1.165, 1.54) is 0 Å². The van der Waals surface area contributed by atoms with Crippen LogP contribution in [0, 0.1) is 6.92 Å². The zero-order valence-corrected chi connectivity index (χ0v) is 12.3. The van der Waals surface area contributed by atoms with Crippen molar-refractivity contribution >= 4 is 21.5 Å². The Bertz CT molecular complexity index is 1050. The fourth-order valence-corrected chi connectivity index (χ4v) is 3.22. The van der Waals surface area contributed by atoms with E-state index in [1.807, 2.05) is 44.2 Å². The van der Waals surface area contributed by atoms with Gasteiger partial charge in [-0.05, 0) is 29.3 Å². The molecule has 3 aromatic rings. The van der Waals surface area contributed by atoms with Crippen molar-refractivity contribution in [2.75, 3.05) is 6.61 Å². The normalized spacial score (nSPS) is 16.7. The number of rotatable bonds is 0. The van der Waals surface area contributed by atoms with E-state index in [-0.39, 0.29) is 5.92 Å². The smallest absolute Gasteiger partial charge is 0.347 e. The van der Waals surface area contributed by atoms with Gasteiger partial charge in [0.2, 0.25) is 0 Å². The molecule has 0 N–H and O–H groups in total. The molecule has 0 spiro atoms. The minimum absolute atomic E-state index is 0.0746. The predicted octanol–water partition coefficient (Wildman–Crippen LogP) is 3.11. The lowest BCUT2D eigenvalue weighted by Crippen LogP contribution is -2.11. The maximum Gasteiger partial charge on any atom is 0.347 e. The summed E-state index contributed by atoms with van der Waals surface area (Å²) < 4.78 is 10.8. The Labute approximate surface area is 126 Å². The van der Waals surface area contributed by atoms with Crippen molar-refractivity contribution in [3.63, 3.8) is 0 Å². The Kier molecular flexibility index (Phi) is 2.64. The lowest BCUT2D eigenvalue weighted by atomic mass is 9.99. The highest BCUT2D eigenvalue weighted by Gasteiger charge is 2.27. The van der Waals surface area contributed by atoms with E-state index < -0.39 is 11.3 Å². The third-order valence-corrected chi connectivity index (χ3v) is 4.35. The van der Waals surface area contributed by atoms with E-state index in [0.29, 0.717) is 28.7 Å². The van der Waals surface area contributed by atoms with Gasteiger partial charge in [-0.15, -0.1) is 0 Å². The molecular weight excluding hydrogens is 280 g/mol. The van der Waals surface area contributed by atoms with E-state index in [2.05, 4.69) is 0 Å². The van der Waals surface area contributed by atoms with Crippen LogP contribution in [0.1, 0.15) is 24.0 Å². The molecule has 0 aliphatic carbocycles. The Morgan fingerprint density at radius 2 is 1.77 bits per heavy atom. The molecule has 0 saturated carbocycles. The van der Waals surface area contributed by atoms with Gasteiger partial charge in [-0.2, -0.15) is 0 Å².